The average molecular weight is 414 g/mol. The zero-order valence-corrected chi connectivity index (χ0v) is 12.9. The van der Waals surface area contributed by atoms with E-state index < -0.39 is 38.9 Å². The molecule has 1 fully saturated rings. The molecule has 0 aromatic heterocycles. The second-order valence-corrected chi connectivity index (χ2v) is 5.45. The van der Waals surface area contributed by atoms with E-state index in [0.717, 1.165) is 11.0 Å². The molecule has 2 amide bonds. The van der Waals surface area contributed by atoms with Crippen LogP contribution < -0.4 is 10.2 Å². The maximum atomic E-state index is 13.8. The van der Waals surface area contributed by atoms with E-state index in [0.29, 0.717) is 0 Å². The van der Waals surface area contributed by atoms with Gasteiger partial charge in [-0.2, -0.15) is 0 Å². The molecule has 1 aliphatic rings. The number of amides is 2. The van der Waals surface area contributed by atoms with Gasteiger partial charge in [-0.25, -0.2) is 18.0 Å². The number of cyclic esters (lactones) is 1. The van der Waals surface area contributed by atoms with Gasteiger partial charge in [0.1, 0.15) is 11.9 Å². The second-order valence-electron chi connectivity index (χ2n) is 4.37. The highest BCUT2D eigenvalue weighted by atomic mass is 127. The van der Waals surface area contributed by atoms with Crippen molar-refractivity contribution in [2.75, 3.05) is 18.0 Å². The summed E-state index contributed by atoms with van der Waals surface area (Å²) in [6, 6.07) is 0.738. The molecule has 1 N–H and O–H groups in total. The van der Waals surface area contributed by atoms with Crippen molar-refractivity contribution < 1.29 is 27.5 Å². The molecular weight excluding hydrogens is 404 g/mol. The molecular formula is C12H10F3IN2O3. The quantitative estimate of drug-likeness (QED) is 0.469. The summed E-state index contributed by atoms with van der Waals surface area (Å²) < 4.78 is 45.3. The van der Waals surface area contributed by atoms with Crippen LogP contribution in [0.4, 0.5) is 23.7 Å². The van der Waals surface area contributed by atoms with E-state index in [1.165, 1.54) is 29.5 Å². The van der Waals surface area contributed by atoms with Crippen molar-refractivity contribution in [3.8, 4) is 0 Å². The van der Waals surface area contributed by atoms with Crippen LogP contribution in [0.1, 0.15) is 6.92 Å². The zero-order valence-electron chi connectivity index (χ0n) is 10.8. The number of rotatable bonds is 3. The van der Waals surface area contributed by atoms with Gasteiger partial charge in [-0.15, -0.1) is 0 Å². The molecule has 0 aliphatic carbocycles. The molecule has 1 heterocycles. The summed E-state index contributed by atoms with van der Waals surface area (Å²) in [5.41, 5.74) is -0.527. The zero-order chi connectivity index (χ0) is 15.7. The lowest BCUT2D eigenvalue weighted by atomic mass is 10.2. The van der Waals surface area contributed by atoms with Crippen LogP contribution in [-0.2, 0) is 9.53 Å². The maximum Gasteiger partial charge on any atom is 0.414 e. The van der Waals surface area contributed by atoms with Crippen LogP contribution in [0.25, 0.3) is 0 Å². The fourth-order valence-electron chi connectivity index (χ4n) is 1.84. The summed E-state index contributed by atoms with van der Waals surface area (Å²) in [4.78, 5) is 23.3. The van der Waals surface area contributed by atoms with E-state index in [-0.39, 0.29) is 19.0 Å². The van der Waals surface area contributed by atoms with Gasteiger partial charge in [0.05, 0.1) is 22.3 Å². The average Bonchev–Trinajstić information content (AvgIpc) is 2.79. The van der Waals surface area contributed by atoms with Gasteiger partial charge in [0.2, 0.25) is 5.91 Å². The number of hydrogen-bond donors (Lipinski definition) is 1. The van der Waals surface area contributed by atoms with Crippen molar-refractivity contribution >= 4 is 40.3 Å². The molecule has 1 aliphatic heterocycles. The van der Waals surface area contributed by atoms with E-state index in [9.17, 15) is 22.8 Å². The van der Waals surface area contributed by atoms with Crippen molar-refractivity contribution in [3.05, 3.63) is 27.1 Å². The molecule has 0 spiro atoms. The highest BCUT2D eigenvalue weighted by Gasteiger charge is 2.35. The maximum absolute atomic E-state index is 13.8. The van der Waals surface area contributed by atoms with Crippen LogP contribution in [0.5, 0.6) is 0 Å². The molecule has 9 heteroatoms. The van der Waals surface area contributed by atoms with Crippen LogP contribution in [0.15, 0.2) is 6.07 Å². The monoisotopic (exact) mass is 414 g/mol. The Morgan fingerprint density at radius 3 is 2.76 bits per heavy atom. The van der Waals surface area contributed by atoms with E-state index in [1.54, 1.807) is 0 Å². The Bertz CT molecular complexity index is 612. The molecule has 0 bridgehead atoms. The summed E-state index contributed by atoms with van der Waals surface area (Å²) in [5.74, 6) is -3.97. The molecule has 21 heavy (non-hydrogen) atoms. The number of nitrogens with zero attached hydrogens (tertiary/aromatic N) is 1. The highest BCUT2D eigenvalue weighted by molar-refractivity contribution is 14.1. The number of carbonyl (C=O) groups is 2. The fraction of sp³-hybridized carbons (Fsp3) is 0.333. The minimum Gasteiger partial charge on any atom is -0.442 e. The molecule has 1 saturated heterocycles. The number of nitrogens with one attached hydrogen (secondary N) is 1. The topological polar surface area (TPSA) is 58.6 Å². The molecule has 5 nitrogen and oxygen atoms in total. The van der Waals surface area contributed by atoms with E-state index in [4.69, 9.17) is 4.74 Å². The number of ether oxygens (including phenoxy) is 1. The Kier molecular flexibility index (Phi) is 4.59. The Morgan fingerprint density at radius 1 is 1.48 bits per heavy atom. The molecule has 2 rings (SSSR count). The summed E-state index contributed by atoms with van der Waals surface area (Å²) in [6.45, 7) is 1.21. The molecule has 1 aromatic carbocycles. The van der Waals surface area contributed by atoms with Crippen LogP contribution in [0.3, 0.4) is 0 Å². The molecule has 0 unspecified atom stereocenters. The summed E-state index contributed by atoms with van der Waals surface area (Å²) in [7, 11) is 0. The number of halogens is 4. The SMILES string of the molecule is CC(=O)NC[C@H]1CN(c2cc(F)c(I)c(F)c2F)C(=O)O1. The Hall–Kier alpha value is -1.52. The van der Waals surface area contributed by atoms with E-state index in [2.05, 4.69) is 5.32 Å². The van der Waals surface area contributed by atoms with Crippen LogP contribution >= 0.6 is 22.6 Å². The van der Waals surface area contributed by atoms with E-state index >= 15 is 0 Å². The Morgan fingerprint density at radius 2 is 2.14 bits per heavy atom. The smallest absolute Gasteiger partial charge is 0.414 e. The predicted molar refractivity (Wildman–Crippen MR) is 75.3 cm³/mol. The van der Waals surface area contributed by atoms with Crippen molar-refractivity contribution in [2.45, 2.75) is 13.0 Å². The lowest BCUT2D eigenvalue weighted by Crippen LogP contribution is -2.33. The number of benzene rings is 1. The van der Waals surface area contributed by atoms with Crippen molar-refractivity contribution in [2.24, 2.45) is 0 Å². The molecule has 1 atom stereocenters. The molecule has 114 valence electrons. The first-order valence-corrected chi connectivity index (χ1v) is 6.94. The van der Waals surface area contributed by atoms with Gasteiger partial charge < -0.3 is 10.1 Å². The van der Waals surface area contributed by atoms with Gasteiger partial charge in [0.25, 0.3) is 0 Å². The van der Waals surface area contributed by atoms with Gasteiger partial charge in [-0.05, 0) is 22.6 Å². The number of hydrogen-bond acceptors (Lipinski definition) is 3. The first-order chi connectivity index (χ1) is 9.81. The van der Waals surface area contributed by atoms with Crippen molar-refractivity contribution in [1.29, 1.82) is 0 Å². The second kappa shape index (κ2) is 6.08. The fourth-order valence-corrected chi connectivity index (χ4v) is 2.23. The summed E-state index contributed by atoms with van der Waals surface area (Å²) in [6.07, 6.45) is -1.64. The Balaban J connectivity index is 2.23. The largest absolute Gasteiger partial charge is 0.442 e. The third-order valence-electron chi connectivity index (χ3n) is 2.83. The molecule has 0 saturated carbocycles. The summed E-state index contributed by atoms with van der Waals surface area (Å²) >= 11 is 1.33. The molecule has 1 aromatic rings. The van der Waals surface area contributed by atoms with Crippen LogP contribution in [-0.4, -0.2) is 31.2 Å². The van der Waals surface area contributed by atoms with Gasteiger partial charge in [0.15, 0.2) is 11.6 Å². The first-order valence-electron chi connectivity index (χ1n) is 5.86. The lowest BCUT2D eigenvalue weighted by molar-refractivity contribution is -0.119. The van der Waals surface area contributed by atoms with E-state index in [1.807, 2.05) is 0 Å². The summed E-state index contributed by atoms with van der Waals surface area (Å²) in [5, 5.41) is 2.44. The highest BCUT2D eigenvalue weighted by Crippen LogP contribution is 2.30. The first kappa shape index (κ1) is 15.9. The van der Waals surface area contributed by atoms with Gasteiger partial charge in [-0.1, -0.05) is 0 Å². The predicted octanol–water partition coefficient (Wildman–Crippen LogP) is 2.17. The minimum atomic E-state index is -1.36. The number of carbonyl (C=O) groups excluding carboxylic acids is 2. The van der Waals surface area contributed by atoms with Crippen LogP contribution in [0, 0.1) is 21.0 Å². The standard InChI is InChI=1S/C12H10F3IN2O3/c1-5(19)17-3-6-4-18(12(20)21-6)8-2-7(13)11(16)10(15)9(8)14/h2,6H,3-4H2,1H3,(H,17,19)/t6-/m0/s1. The van der Waals surface area contributed by atoms with Gasteiger partial charge >= 0.3 is 6.09 Å². The number of anilines is 1. The van der Waals surface area contributed by atoms with Crippen LogP contribution in [0.2, 0.25) is 0 Å². The lowest BCUT2D eigenvalue weighted by Gasteiger charge is -2.15. The van der Waals surface area contributed by atoms with Crippen molar-refractivity contribution in [1.82, 2.24) is 5.32 Å². The molecule has 0 radical (unpaired) electrons. The normalized spacial score (nSPS) is 17.9. The van der Waals surface area contributed by atoms with Gasteiger partial charge in [0, 0.05) is 13.0 Å². The minimum absolute atomic E-state index is 0.0362. The third-order valence-corrected chi connectivity index (χ3v) is 3.82. The van der Waals surface area contributed by atoms with Crippen molar-refractivity contribution in [3.63, 3.8) is 0 Å². The van der Waals surface area contributed by atoms with Gasteiger partial charge in [-0.3, -0.25) is 9.69 Å². The third kappa shape index (κ3) is 3.22. The Labute approximate surface area is 131 Å².